The van der Waals surface area contributed by atoms with Crippen molar-refractivity contribution in [1.29, 1.82) is 0 Å². The fraction of sp³-hybridized carbons (Fsp3) is 0.452. The number of aromatic hydroxyl groups is 2. The summed E-state index contributed by atoms with van der Waals surface area (Å²) in [7, 11) is 5.22. The molecule has 0 bridgehead atoms. The zero-order valence-corrected chi connectivity index (χ0v) is 64.7. The van der Waals surface area contributed by atoms with Crippen molar-refractivity contribution in [3.05, 3.63) is 216 Å². The molecule has 100 heavy (non-hydrogen) atoms. The van der Waals surface area contributed by atoms with Crippen LogP contribution in [0.2, 0.25) is 0 Å². The fourth-order valence-corrected chi connectivity index (χ4v) is 19.6. The zero-order chi connectivity index (χ0) is 69.9. The van der Waals surface area contributed by atoms with E-state index in [1.165, 1.54) is 94.7 Å². The Morgan fingerprint density at radius 2 is 0.900 bits per heavy atom. The molecule has 0 radical (unpaired) electrons. The normalized spacial score (nSPS) is 16.0. The maximum absolute atomic E-state index is 9.97. The predicted molar refractivity (Wildman–Crippen MR) is 412 cm³/mol. The van der Waals surface area contributed by atoms with Gasteiger partial charge in [-0.25, -0.2) is 0 Å². The Morgan fingerprint density at radius 3 is 1.35 bits per heavy atom. The number of aldehydes is 1. The molecule has 3 atom stereocenters. The molecule has 16 heteroatoms. The Hall–Kier alpha value is -5.76. The van der Waals surface area contributed by atoms with Crippen LogP contribution >= 0.6 is 20.8 Å². The Balaban J connectivity index is 0.000000273. The molecule has 7 aromatic carbocycles. The Labute approximate surface area is 621 Å². The molecule has 3 saturated heterocycles. The van der Waals surface area contributed by atoms with Crippen molar-refractivity contribution in [2.75, 3.05) is 67.6 Å². The van der Waals surface area contributed by atoms with Crippen molar-refractivity contribution >= 4 is 49.1 Å². The van der Waals surface area contributed by atoms with Gasteiger partial charge in [-0.3, -0.25) is 0 Å². The molecule has 3 N–H and O–H groups in total. The van der Waals surface area contributed by atoms with Gasteiger partial charge in [0.25, 0.3) is 0 Å². The summed E-state index contributed by atoms with van der Waals surface area (Å²) in [4.78, 5) is 9.97. The van der Waals surface area contributed by atoms with Gasteiger partial charge in [0.05, 0.1) is 27.4 Å². The van der Waals surface area contributed by atoms with Crippen LogP contribution in [0, 0.1) is 28.2 Å². The number of ether oxygens (including phenoxy) is 9. The SMILES string of the molecule is COc1cc(C)ccc1C=CCCCOC1CCCCO1.COc1cc(C)ccc1CCCCCOC1CCCCO1.COc1cc(C)ccc1CP(Br)(c1ccccc1)(c1ccccc1)c1ccccc1.O=CCCCOC1CCCCO1.OCCCCCc1ccc(O)cc1O.[CH3-].[Pd]. The topological polar surface area (TPSA) is 161 Å². The summed E-state index contributed by atoms with van der Waals surface area (Å²) in [5, 5.41) is 28.0. The molecule has 7 aromatic rings. The number of phenols is 2. The monoisotopic (exact) mass is 1550 g/mol. The molecule has 3 heterocycles. The van der Waals surface area contributed by atoms with Crippen LogP contribution in [-0.4, -0.2) is 108 Å². The van der Waals surface area contributed by atoms with E-state index in [4.69, 9.17) is 52.8 Å². The van der Waals surface area contributed by atoms with Crippen LogP contribution in [0.3, 0.4) is 0 Å². The summed E-state index contributed by atoms with van der Waals surface area (Å²) >= 11 is 4.51. The van der Waals surface area contributed by atoms with Gasteiger partial charge in [0, 0.05) is 71.5 Å². The molecule has 0 aliphatic carbocycles. The van der Waals surface area contributed by atoms with Crippen LogP contribution in [-0.2, 0) is 72.6 Å². The average molecular weight is 1550 g/mol. The fourth-order valence-electron chi connectivity index (χ4n) is 12.0. The van der Waals surface area contributed by atoms with E-state index in [1.807, 2.05) is 0 Å². The first-order valence-corrected chi connectivity index (χ1v) is 40.0. The van der Waals surface area contributed by atoms with Crippen molar-refractivity contribution < 1.29 is 83.2 Å². The number of carbonyl (C=O) groups is 1. The number of allylic oxidation sites excluding steroid dienone is 1. The van der Waals surface area contributed by atoms with Crippen LogP contribution in [0.5, 0.6) is 28.7 Å². The van der Waals surface area contributed by atoms with Gasteiger partial charge < -0.3 is 65.4 Å². The van der Waals surface area contributed by atoms with Crippen molar-refractivity contribution in [2.24, 2.45) is 0 Å². The second-order valence-corrected chi connectivity index (χ2v) is 34.2. The first kappa shape index (κ1) is 86.6. The minimum atomic E-state index is -3.02. The Bertz CT molecular complexity index is 3220. The number of unbranched alkanes of at least 4 members (excludes halogenated alkanes) is 6. The van der Waals surface area contributed by atoms with Gasteiger partial charge in [0.15, 0.2) is 18.9 Å². The van der Waals surface area contributed by atoms with Gasteiger partial charge in [-0.15, -0.1) is 0 Å². The van der Waals surface area contributed by atoms with Crippen LogP contribution < -0.4 is 30.1 Å². The molecule has 13 nitrogen and oxygen atoms in total. The number of methoxy groups -OCH3 is 3. The average Bonchev–Trinajstić information content (AvgIpc) is 0.704. The molecule has 0 aromatic heterocycles. The summed E-state index contributed by atoms with van der Waals surface area (Å²) in [6, 6.07) is 56.5. The Morgan fingerprint density at radius 1 is 0.480 bits per heavy atom. The smallest absolute Gasteiger partial charge is 0.157 e. The van der Waals surface area contributed by atoms with E-state index < -0.39 is 5.31 Å². The van der Waals surface area contributed by atoms with Gasteiger partial charge in [-0.05, 0) is 170 Å². The van der Waals surface area contributed by atoms with Crippen molar-refractivity contribution in [3.8, 4) is 28.7 Å². The van der Waals surface area contributed by atoms with Crippen molar-refractivity contribution in [3.63, 3.8) is 0 Å². The molecule has 0 saturated carbocycles. The molecule has 3 fully saturated rings. The number of hydrogen-bond acceptors (Lipinski definition) is 13. The molecule has 10 rings (SSSR count). The van der Waals surface area contributed by atoms with Gasteiger partial charge in [-0.1, -0.05) is 55.3 Å². The number of hydrogen-bond donors (Lipinski definition) is 3. The molecule has 3 aliphatic heterocycles. The number of carbonyl (C=O) groups excluding carboxylic acids is 1. The number of aryl methyl sites for hydroxylation is 5. The van der Waals surface area contributed by atoms with E-state index >= 15 is 0 Å². The molecule has 0 amide bonds. The minimum absolute atomic E-state index is 0. The predicted octanol–water partition coefficient (Wildman–Crippen LogP) is 18.7. The van der Waals surface area contributed by atoms with Crippen LogP contribution in [0.1, 0.15) is 161 Å². The number of rotatable bonds is 31. The summed E-state index contributed by atoms with van der Waals surface area (Å²) < 4.78 is 50.0. The number of benzene rings is 7. The van der Waals surface area contributed by atoms with Gasteiger partial charge in [0.1, 0.15) is 29.3 Å². The third-order valence-electron chi connectivity index (χ3n) is 17.5. The van der Waals surface area contributed by atoms with Crippen molar-refractivity contribution in [1.82, 2.24) is 0 Å². The first-order valence-electron chi connectivity index (χ1n) is 35.5. The van der Waals surface area contributed by atoms with E-state index in [1.54, 1.807) is 33.5 Å². The standard InChI is InChI=1S/C27H26BrOP.C18H28O3.C18H26O3.C11H16O3.C9H16O3.CH3.Pd/c1-22-18-19-23(27(20-22)29-2)21-30(28,24-12-6-3-7-13-24,25-14-8-4-9-15-25)26-16-10-5-11-17-26;2*1-15-10-11-16(17(14-15)19-2)8-4-3-6-12-20-18-9-5-7-13-21-18;12-7-3-1-2-4-9-5-6-10(13)8-11(9)14;10-6-2-4-8-12-9-5-1-3-7-11-9;;/h3-20H,21H2,1-2H3;10-11,14,18H,3-9,12-13H2,1-2H3;4,8,10-11,14,18H,3,5-7,9,12-13H2,1-2H3;5-6,8,12-14H,1-4,7H2;6,9H,1-5,7-8H2;1H3;/q;;;;;-1;. The van der Waals surface area contributed by atoms with E-state index in [0.717, 1.165) is 157 Å². The number of phenolic OH excluding ortho intramolecular Hbond substituents is 2. The minimum Gasteiger partial charge on any atom is -0.508 e. The first-order chi connectivity index (χ1) is 47.8. The Kier molecular flexibility index (Phi) is 43.1. The second-order valence-electron chi connectivity index (χ2n) is 25.2. The van der Waals surface area contributed by atoms with E-state index in [9.17, 15) is 9.90 Å². The summed E-state index contributed by atoms with van der Waals surface area (Å²) in [5.41, 5.74) is 8.14. The molecule has 552 valence electrons. The molecule has 3 aliphatic rings. The zero-order valence-electron chi connectivity index (χ0n) is 60.6. The maximum Gasteiger partial charge on any atom is 0.157 e. The van der Waals surface area contributed by atoms with Gasteiger partial charge in [-0.2, -0.15) is 0 Å². The largest absolute Gasteiger partial charge is 0.508 e. The molecular formula is C84H115BrO13PPd-. The number of halogens is 1. The van der Waals surface area contributed by atoms with Crippen LogP contribution in [0.15, 0.2) is 170 Å². The third kappa shape index (κ3) is 29.9. The van der Waals surface area contributed by atoms with E-state index in [0.29, 0.717) is 13.0 Å². The van der Waals surface area contributed by atoms with Crippen LogP contribution in [0.25, 0.3) is 6.08 Å². The molecule has 3 unspecified atom stereocenters. The van der Waals surface area contributed by atoms with Crippen LogP contribution in [0.4, 0.5) is 0 Å². The summed E-state index contributed by atoms with van der Waals surface area (Å²) in [6.07, 6.45) is 27.8. The molecule has 0 spiro atoms. The third-order valence-corrected chi connectivity index (χ3v) is 27.0. The van der Waals surface area contributed by atoms with Gasteiger partial charge >= 0.3 is 188 Å². The van der Waals surface area contributed by atoms with Gasteiger partial charge in [0.2, 0.25) is 0 Å². The number of aliphatic hydroxyl groups excluding tert-OH is 1. The van der Waals surface area contributed by atoms with E-state index in [2.05, 4.69) is 194 Å². The molecular weight excluding hydrogens is 1430 g/mol. The number of aliphatic hydroxyl groups is 1. The maximum atomic E-state index is 9.97. The second kappa shape index (κ2) is 49.8. The summed E-state index contributed by atoms with van der Waals surface area (Å²) in [6.45, 7) is 11.2. The van der Waals surface area contributed by atoms with E-state index in [-0.39, 0.29) is 64.8 Å². The summed E-state index contributed by atoms with van der Waals surface area (Å²) in [5.74, 6) is 3.11. The van der Waals surface area contributed by atoms with Crippen molar-refractivity contribution in [2.45, 2.75) is 181 Å². The quantitative estimate of drug-likeness (QED) is 0.0124.